The zero-order chi connectivity index (χ0) is 23.0. The highest BCUT2D eigenvalue weighted by atomic mass is 32.1. The topological polar surface area (TPSA) is 36.3 Å². The van der Waals surface area contributed by atoms with Crippen molar-refractivity contribution in [1.29, 1.82) is 0 Å². The largest absolute Gasteiger partial charge is 0.352 e. The van der Waals surface area contributed by atoms with E-state index in [2.05, 4.69) is 96.8 Å². The van der Waals surface area contributed by atoms with Crippen LogP contribution in [0.4, 0.5) is 0 Å². The lowest BCUT2D eigenvalue weighted by Crippen LogP contribution is -2.35. The van der Waals surface area contributed by atoms with Gasteiger partial charge in [0.1, 0.15) is 0 Å². The number of hydrogen-bond acceptors (Lipinski definition) is 3. The van der Waals surface area contributed by atoms with E-state index >= 15 is 0 Å². The molecule has 1 aromatic carbocycles. The average molecular weight is 448 g/mol. The van der Waals surface area contributed by atoms with Crippen molar-refractivity contribution < 1.29 is 0 Å². The van der Waals surface area contributed by atoms with Crippen LogP contribution in [0.2, 0.25) is 0 Å². The highest BCUT2D eigenvalue weighted by Gasteiger charge is 2.41. The van der Waals surface area contributed by atoms with Crippen LogP contribution in [-0.4, -0.2) is 51.6 Å². The summed E-state index contributed by atoms with van der Waals surface area (Å²) < 4.78 is 2.37. The van der Waals surface area contributed by atoms with Gasteiger partial charge in [-0.1, -0.05) is 12.1 Å². The van der Waals surface area contributed by atoms with Gasteiger partial charge in [0.15, 0.2) is 5.11 Å². The summed E-state index contributed by atoms with van der Waals surface area (Å²) in [5, 5.41) is 4.37. The Labute approximate surface area is 197 Å². The van der Waals surface area contributed by atoms with Crippen molar-refractivity contribution in [1.82, 2.24) is 24.7 Å². The standard InChI is InChI=1S/C26H33N5S/c1-17-13-18(2)15-21(14-17)31-19(3)16-22(20(31)4)25-24(23-9-7-8-10-27-23)28-26(32)30(25)12-11-29(5)6/h7-10,13-16,24-25H,11-12H2,1-6H3,(H,28,32)/t24-,25-/m0/s1. The molecular weight excluding hydrogens is 414 g/mol. The summed E-state index contributed by atoms with van der Waals surface area (Å²) in [6.07, 6.45) is 1.86. The molecule has 1 aliphatic rings. The van der Waals surface area contributed by atoms with E-state index in [1.165, 1.54) is 33.8 Å². The molecule has 1 aliphatic heterocycles. The molecule has 3 aromatic rings. The monoisotopic (exact) mass is 447 g/mol. The Morgan fingerprint density at radius 3 is 2.38 bits per heavy atom. The molecule has 0 unspecified atom stereocenters. The summed E-state index contributed by atoms with van der Waals surface area (Å²) in [6, 6.07) is 15.3. The minimum Gasteiger partial charge on any atom is -0.352 e. The first-order valence-electron chi connectivity index (χ1n) is 11.2. The van der Waals surface area contributed by atoms with Crippen molar-refractivity contribution in [3.63, 3.8) is 0 Å². The maximum atomic E-state index is 5.82. The molecule has 5 nitrogen and oxygen atoms in total. The van der Waals surface area contributed by atoms with E-state index in [0.29, 0.717) is 0 Å². The fourth-order valence-corrected chi connectivity index (χ4v) is 5.19. The summed E-state index contributed by atoms with van der Waals surface area (Å²) in [4.78, 5) is 9.21. The zero-order valence-electron chi connectivity index (χ0n) is 19.9. The zero-order valence-corrected chi connectivity index (χ0v) is 20.7. The van der Waals surface area contributed by atoms with Gasteiger partial charge in [-0.15, -0.1) is 0 Å². The second-order valence-electron chi connectivity index (χ2n) is 9.13. The van der Waals surface area contributed by atoms with E-state index in [9.17, 15) is 0 Å². The molecule has 0 aliphatic carbocycles. The highest BCUT2D eigenvalue weighted by Crippen LogP contribution is 2.41. The summed E-state index contributed by atoms with van der Waals surface area (Å²) in [5.41, 5.74) is 8.55. The minimum atomic E-state index is 0.0130. The molecule has 0 radical (unpaired) electrons. The van der Waals surface area contributed by atoms with Crippen LogP contribution in [0, 0.1) is 27.7 Å². The third kappa shape index (κ3) is 4.30. The SMILES string of the molecule is Cc1cc(C)cc(-n2c(C)cc([C@H]3[C@H](c4ccccn4)NC(=S)N3CCN(C)C)c2C)c1. The number of nitrogens with one attached hydrogen (secondary N) is 1. The molecule has 0 bridgehead atoms. The van der Waals surface area contributed by atoms with Crippen LogP contribution in [0.15, 0.2) is 48.7 Å². The predicted molar refractivity (Wildman–Crippen MR) is 135 cm³/mol. The molecule has 2 atom stereocenters. The second kappa shape index (κ2) is 9.04. The summed E-state index contributed by atoms with van der Waals surface area (Å²) in [5.74, 6) is 0. The van der Waals surface area contributed by atoms with E-state index < -0.39 is 0 Å². The Bertz CT molecular complexity index is 1100. The Morgan fingerprint density at radius 2 is 1.75 bits per heavy atom. The van der Waals surface area contributed by atoms with Crippen molar-refractivity contribution in [2.45, 2.75) is 39.8 Å². The van der Waals surface area contributed by atoms with Crippen LogP contribution in [0.5, 0.6) is 0 Å². The number of likely N-dealkylation sites (N-methyl/N-ethyl adjacent to an activating group) is 1. The predicted octanol–water partition coefficient (Wildman–Crippen LogP) is 4.64. The first-order chi connectivity index (χ1) is 15.3. The van der Waals surface area contributed by atoms with E-state index in [0.717, 1.165) is 23.9 Å². The van der Waals surface area contributed by atoms with Crippen LogP contribution in [0.25, 0.3) is 5.69 Å². The lowest BCUT2D eigenvalue weighted by atomic mass is 9.96. The third-order valence-corrected chi connectivity index (χ3v) is 6.59. The molecule has 32 heavy (non-hydrogen) atoms. The maximum absolute atomic E-state index is 5.82. The molecule has 1 saturated heterocycles. The number of benzene rings is 1. The molecule has 0 amide bonds. The summed E-state index contributed by atoms with van der Waals surface area (Å²) in [7, 11) is 4.20. The number of hydrogen-bond donors (Lipinski definition) is 1. The van der Waals surface area contributed by atoms with Gasteiger partial charge in [-0.2, -0.15) is 0 Å². The van der Waals surface area contributed by atoms with Crippen LogP contribution >= 0.6 is 12.2 Å². The van der Waals surface area contributed by atoms with E-state index in [-0.39, 0.29) is 12.1 Å². The minimum absolute atomic E-state index is 0.0130. The van der Waals surface area contributed by atoms with Crippen molar-refractivity contribution >= 4 is 17.3 Å². The van der Waals surface area contributed by atoms with Gasteiger partial charge < -0.3 is 19.7 Å². The Morgan fingerprint density at radius 1 is 1.03 bits per heavy atom. The van der Waals surface area contributed by atoms with Crippen LogP contribution in [0.1, 0.15) is 45.9 Å². The van der Waals surface area contributed by atoms with Gasteiger partial charge in [-0.05, 0) is 101 Å². The first kappa shape index (κ1) is 22.5. The van der Waals surface area contributed by atoms with Crippen LogP contribution in [0.3, 0.4) is 0 Å². The van der Waals surface area contributed by atoms with Gasteiger partial charge in [-0.25, -0.2) is 0 Å². The number of pyridine rings is 1. The molecule has 0 spiro atoms. The average Bonchev–Trinajstić information content (AvgIpc) is 3.21. The van der Waals surface area contributed by atoms with Gasteiger partial charge in [0, 0.05) is 36.4 Å². The summed E-state index contributed by atoms with van der Waals surface area (Å²) >= 11 is 5.82. The lowest BCUT2D eigenvalue weighted by molar-refractivity contribution is 0.277. The third-order valence-electron chi connectivity index (χ3n) is 6.24. The number of thiocarbonyl (C=S) groups is 1. The van der Waals surface area contributed by atoms with Gasteiger partial charge in [0.2, 0.25) is 0 Å². The molecule has 0 saturated carbocycles. The van der Waals surface area contributed by atoms with E-state index in [1.54, 1.807) is 0 Å². The fourth-order valence-electron chi connectivity index (χ4n) is 4.86. The molecule has 168 valence electrons. The van der Waals surface area contributed by atoms with Crippen LogP contribution < -0.4 is 5.32 Å². The normalized spacial score (nSPS) is 18.5. The molecule has 1 fully saturated rings. The molecule has 3 heterocycles. The second-order valence-corrected chi connectivity index (χ2v) is 9.52. The number of rotatable bonds is 6. The Hall–Kier alpha value is -2.70. The van der Waals surface area contributed by atoms with Crippen molar-refractivity contribution in [2.24, 2.45) is 0 Å². The quantitative estimate of drug-likeness (QED) is 0.557. The lowest BCUT2D eigenvalue weighted by Gasteiger charge is -2.29. The number of nitrogens with zero attached hydrogens (tertiary/aromatic N) is 4. The summed E-state index contributed by atoms with van der Waals surface area (Å²) in [6.45, 7) is 10.5. The van der Waals surface area contributed by atoms with Crippen molar-refractivity contribution in [3.8, 4) is 5.69 Å². The Kier molecular flexibility index (Phi) is 6.35. The number of aryl methyl sites for hydroxylation is 3. The molecule has 6 heteroatoms. The smallest absolute Gasteiger partial charge is 0.170 e. The molecule has 2 aromatic heterocycles. The van der Waals surface area contributed by atoms with Crippen LogP contribution in [-0.2, 0) is 0 Å². The fraction of sp³-hybridized carbons (Fsp3) is 0.385. The van der Waals surface area contributed by atoms with Crippen molar-refractivity contribution in [3.05, 3.63) is 82.4 Å². The van der Waals surface area contributed by atoms with Gasteiger partial charge in [0.05, 0.1) is 17.8 Å². The maximum Gasteiger partial charge on any atom is 0.170 e. The first-order valence-corrected chi connectivity index (χ1v) is 11.6. The highest BCUT2D eigenvalue weighted by molar-refractivity contribution is 7.80. The van der Waals surface area contributed by atoms with Gasteiger partial charge in [0.25, 0.3) is 0 Å². The Balaban J connectivity index is 1.82. The molecular formula is C26H33N5S. The molecule has 4 rings (SSSR count). The number of aromatic nitrogens is 2. The van der Waals surface area contributed by atoms with Gasteiger partial charge in [-0.3, -0.25) is 4.98 Å². The van der Waals surface area contributed by atoms with E-state index in [4.69, 9.17) is 12.2 Å². The molecule has 1 N–H and O–H groups in total. The van der Waals surface area contributed by atoms with E-state index in [1.807, 2.05) is 18.3 Å². The van der Waals surface area contributed by atoms with Crippen molar-refractivity contribution in [2.75, 3.05) is 27.2 Å². The van der Waals surface area contributed by atoms with Gasteiger partial charge >= 0.3 is 0 Å².